The standard InChI is InChI=1S/C28H44N4O6SSi/c1-28(2,3)40(5,6)38-23-12-13-25-24(19-23)27(30-32(25)26-11-7-8-17-36-26)22-20-29-31(21-22)14-9-15-35-16-10-18-37-39(4,33)34/h12-13,19-21,26H,7-11,14-18H2,1-6H3. The van der Waals surface area contributed by atoms with Crippen LogP contribution in [-0.2, 0) is 30.3 Å². The molecule has 1 aliphatic rings. The van der Waals surface area contributed by atoms with Crippen LogP contribution < -0.4 is 4.43 Å². The van der Waals surface area contributed by atoms with E-state index in [0.717, 1.165) is 66.5 Å². The van der Waals surface area contributed by atoms with Gasteiger partial charge in [-0.15, -0.1) is 0 Å². The summed E-state index contributed by atoms with van der Waals surface area (Å²) < 4.78 is 49.0. The van der Waals surface area contributed by atoms with Gasteiger partial charge in [-0.1, -0.05) is 20.8 Å². The molecule has 40 heavy (non-hydrogen) atoms. The Morgan fingerprint density at radius 1 is 1.12 bits per heavy atom. The van der Waals surface area contributed by atoms with Crippen molar-refractivity contribution < 1.29 is 26.5 Å². The van der Waals surface area contributed by atoms with E-state index in [2.05, 4.69) is 57.2 Å². The summed E-state index contributed by atoms with van der Waals surface area (Å²) in [5.74, 6) is 0.871. The number of hydrogen-bond donors (Lipinski definition) is 0. The van der Waals surface area contributed by atoms with Crippen LogP contribution in [0.25, 0.3) is 22.2 Å². The summed E-state index contributed by atoms with van der Waals surface area (Å²) in [6, 6.07) is 6.29. The van der Waals surface area contributed by atoms with Crippen LogP contribution in [0, 0.1) is 0 Å². The molecule has 4 rings (SSSR count). The number of rotatable bonds is 13. The van der Waals surface area contributed by atoms with Crippen LogP contribution in [-0.4, -0.2) is 69.0 Å². The van der Waals surface area contributed by atoms with Crippen molar-refractivity contribution in [3.05, 3.63) is 30.6 Å². The van der Waals surface area contributed by atoms with E-state index >= 15 is 0 Å². The second-order valence-electron chi connectivity index (χ2n) is 12.0. The maximum atomic E-state index is 11.0. The lowest BCUT2D eigenvalue weighted by molar-refractivity contribution is -0.0365. The number of hydrogen-bond acceptors (Lipinski definition) is 8. The van der Waals surface area contributed by atoms with Gasteiger partial charge in [-0.3, -0.25) is 8.86 Å². The van der Waals surface area contributed by atoms with Gasteiger partial charge in [0.05, 0.1) is 24.6 Å². The third-order valence-corrected chi connectivity index (χ3v) is 12.6. The van der Waals surface area contributed by atoms with E-state index < -0.39 is 18.4 Å². The van der Waals surface area contributed by atoms with Gasteiger partial charge in [-0.2, -0.15) is 18.6 Å². The molecule has 1 saturated heterocycles. The largest absolute Gasteiger partial charge is 0.543 e. The van der Waals surface area contributed by atoms with Crippen molar-refractivity contribution in [2.45, 2.75) is 83.8 Å². The number of nitrogens with zero attached hydrogens (tertiary/aromatic N) is 4. The van der Waals surface area contributed by atoms with Gasteiger partial charge in [-0.25, -0.2) is 4.68 Å². The highest BCUT2D eigenvalue weighted by Crippen LogP contribution is 2.39. The van der Waals surface area contributed by atoms with Crippen LogP contribution in [0.2, 0.25) is 18.1 Å². The van der Waals surface area contributed by atoms with Crippen molar-refractivity contribution >= 4 is 29.3 Å². The van der Waals surface area contributed by atoms with E-state index in [1.807, 2.05) is 21.8 Å². The molecule has 10 nitrogen and oxygen atoms in total. The Labute approximate surface area is 239 Å². The Bertz CT molecular complexity index is 1370. The van der Waals surface area contributed by atoms with Crippen LogP contribution >= 0.6 is 0 Å². The van der Waals surface area contributed by atoms with Crippen molar-refractivity contribution in [2.75, 3.05) is 32.7 Å². The summed E-state index contributed by atoms with van der Waals surface area (Å²) in [5, 5.41) is 10.8. The highest BCUT2D eigenvalue weighted by molar-refractivity contribution is 7.85. The molecule has 3 heterocycles. The molecule has 0 aliphatic carbocycles. The molecule has 0 spiro atoms. The minimum Gasteiger partial charge on any atom is -0.543 e. The van der Waals surface area contributed by atoms with Gasteiger partial charge in [-0.05, 0) is 68.4 Å². The van der Waals surface area contributed by atoms with Gasteiger partial charge in [0.15, 0.2) is 6.23 Å². The fourth-order valence-electron chi connectivity index (χ4n) is 4.39. The van der Waals surface area contributed by atoms with Crippen LogP contribution in [0.5, 0.6) is 5.75 Å². The van der Waals surface area contributed by atoms with Crippen molar-refractivity contribution in [2.24, 2.45) is 0 Å². The summed E-state index contributed by atoms with van der Waals surface area (Å²) in [4.78, 5) is 0. The predicted molar refractivity (Wildman–Crippen MR) is 158 cm³/mol. The van der Waals surface area contributed by atoms with Crippen molar-refractivity contribution in [1.29, 1.82) is 0 Å². The molecule has 1 unspecified atom stereocenters. The molecule has 0 N–H and O–H groups in total. The van der Waals surface area contributed by atoms with E-state index in [1.54, 1.807) is 0 Å². The summed E-state index contributed by atoms with van der Waals surface area (Å²) in [6.45, 7) is 13.8. The molecule has 3 aromatic rings. The van der Waals surface area contributed by atoms with Gasteiger partial charge in [0, 0.05) is 43.5 Å². The van der Waals surface area contributed by atoms with Gasteiger partial charge in [0.2, 0.25) is 8.32 Å². The summed E-state index contributed by atoms with van der Waals surface area (Å²) in [7, 11) is -5.40. The number of benzene rings is 1. The summed E-state index contributed by atoms with van der Waals surface area (Å²) in [5.41, 5.74) is 2.85. The van der Waals surface area contributed by atoms with Gasteiger partial charge >= 0.3 is 0 Å². The van der Waals surface area contributed by atoms with Crippen molar-refractivity contribution in [3.63, 3.8) is 0 Å². The third-order valence-electron chi connectivity index (χ3n) is 7.60. The normalized spacial score (nSPS) is 17.0. The molecule has 1 atom stereocenters. The first-order valence-electron chi connectivity index (χ1n) is 14.1. The monoisotopic (exact) mass is 592 g/mol. The zero-order valence-corrected chi connectivity index (χ0v) is 26.5. The Hall–Kier alpha value is -2.25. The molecule has 1 fully saturated rings. The molecule has 1 aromatic carbocycles. The lowest BCUT2D eigenvalue weighted by Gasteiger charge is -2.36. The van der Waals surface area contributed by atoms with Gasteiger partial charge in [0.25, 0.3) is 10.1 Å². The number of ether oxygens (including phenoxy) is 2. The molecule has 0 amide bonds. The Morgan fingerprint density at radius 3 is 2.60 bits per heavy atom. The quantitative estimate of drug-likeness (QED) is 0.140. The average molecular weight is 593 g/mol. The zero-order valence-electron chi connectivity index (χ0n) is 24.7. The average Bonchev–Trinajstić information content (AvgIpc) is 3.49. The number of fused-ring (bicyclic) bond motifs is 1. The second-order valence-corrected chi connectivity index (χ2v) is 18.4. The SMILES string of the molecule is CC(C)(C)[Si](C)(C)Oc1ccc2c(c1)c(-c1cnn(CCCOCCCOS(C)(=O)=O)c1)nn2C1CCCCO1. The van der Waals surface area contributed by atoms with E-state index in [9.17, 15) is 8.42 Å². The second kappa shape index (κ2) is 12.7. The molecule has 0 bridgehead atoms. The fraction of sp³-hybridized carbons (Fsp3) is 0.643. The Kier molecular flexibility index (Phi) is 9.77. The maximum Gasteiger partial charge on any atom is 0.264 e. The van der Waals surface area contributed by atoms with E-state index in [0.29, 0.717) is 26.2 Å². The minimum atomic E-state index is -3.40. The first-order chi connectivity index (χ1) is 18.8. The van der Waals surface area contributed by atoms with Crippen LogP contribution in [0.3, 0.4) is 0 Å². The fourth-order valence-corrected chi connectivity index (χ4v) is 5.83. The zero-order chi connectivity index (χ0) is 29.0. The van der Waals surface area contributed by atoms with Crippen LogP contribution in [0.15, 0.2) is 30.6 Å². The maximum absolute atomic E-state index is 11.0. The van der Waals surface area contributed by atoms with E-state index in [1.165, 1.54) is 0 Å². The molecule has 0 saturated carbocycles. The molecular formula is C28H44N4O6SSi. The van der Waals surface area contributed by atoms with Gasteiger partial charge < -0.3 is 13.9 Å². The minimum absolute atomic E-state index is 0.0767. The lowest BCUT2D eigenvalue weighted by Crippen LogP contribution is -2.43. The Morgan fingerprint density at radius 2 is 1.90 bits per heavy atom. The first kappa shape index (κ1) is 30.7. The Balaban J connectivity index is 1.48. The summed E-state index contributed by atoms with van der Waals surface area (Å²) in [6.07, 6.45) is 9.31. The first-order valence-corrected chi connectivity index (χ1v) is 18.8. The summed E-state index contributed by atoms with van der Waals surface area (Å²) >= 11 is 0. The molecule has 1 aliphatic heterocycles. The molecule has 0 radical (unpaired) electrons. The van der Waals surface area contributed by atoms with E-state index in [-0.39, 0.29) is 17.9 Å². The van der Waals surface area contributed by atoms with Crippen molar-refractivity contribution in [1.82, 2.24) is 19.6 Å². The van der Waals surface area contributed by atoms with Crippen LogP contribution in [0.1, 0.15) is 59.1 Å². The highest BCUT2D eigenvalue weighted by atomic mass is 32.2. The molecular weight excluding hydrogens is 548 g/mol. The molecule has 2 aromatic heterocycles. The van der Waals surface area contributed by atoms with Gasteiger partial charge in [0.1, 0.15) is 11.4 Å². The lowest BCUT2D eigenvalue weighted by atomic mass is 10.1. The van der Waals surface area contributed by atoms with Crippen molar-refractivity contribution in [3.8, 4) is 17.0 Å². The molecule has 12 heteroatoms. The predicted octanol–water partition coefficient (Wildman–Crippen LogP) is 5.76. The number of aryl methyl sites for hydroxylation is 1. The highest BCUT2D eigenvalue weighted by Gasteiger charge is 2.39. The number of aromatic nitrogens is 4. The topological polar surface area (TPSA) is 107 Å². The smallest absolute Gasteiger partial charge is 0.264 e. The molecule has 222 valence electrons. The third kappa shape index (κ3) is 7.94. The van der Waals surface area contributed by atoms with Crippen LogP contribution in [0.4, 0.5) is 0 Å². The van der Waals surface area contributed by atoms with E-state index in [4.69, 9.17) is 23.2 Å².